The molecule has 0 unspecified atom stereocenters. The molecule has 0 saturated carbocycles. The maximum absolute atomic E-state index is 9.87. The van der Waals surface area contributed by atoms with Gasteiger partial charge in [-0.25, -0.2) is 4.98 Å². The summed E-state index contributed by atoms with van der Waals surface area (Å²) in [5.41, 5.74) is 2.56. The van der Waals surface area contributed by atoms with Gasteiger partial charge in [-0.05, 0) is 31.4 Å². The fourth-order valence-electron chi connectivity index (χ4n) is 2.26. The summed E-state index contributed by atoms with van der Waals surface area (Å²) in [5.74, 6) is 0.875. The third-order valence-electron chi connectivity index (χ3n) is 3.18. The molecular weight excluding hydrogens is 232 g/mol. The number of anilines is 1. The van der Waals surface area contributed by atoms with E-state index in [0.717, 1.165) is 36.3 Å². The maximum Gasteiger partial charge on any atom is 0.201 e. The molecule has 5 nitrogen and oxygen atoms in total. The molecular formula is C13H20N2O3. The summed E-state index contributed by atoms with van der Waals surface area (Å²) in [6, 6.07) is 2.00. The van der Waals surface area contributed by atoms with E-state index < -0.39 is 12.4 Å². The number of hydrogen-bond donors (Lipinski definition) is 2. The molecule has 1 aliphatic rings. The van der Waals surface area contributed by atoms with E-state index in [4.69, 9.17) is 9.47 Å². The number of nitrogens with zero attached hydrogens (tertiary/aromatic N) is 1. The van der Waals surface area contributed by atoms with Gasteiger partial charge in [-0.1, -0.05) is 0 Å². The highest BCUT2D eigenvalue weighted by molar-refractivity contribution is 5.50. The van der Waals surface area contributed by atoms with Gasteiger partial charge in [-0.15, -0.1) is 0 Å². The van der Waals surface area contributed by atoms with Gasteiger partial charge >= 0.3 is 0 Å². The Kier molecular flexibility index (Phi) is 4.16. The van der Waals surface area contributed by atoms with Crippen molar-refractivity contribution in [1.82, 2.24) is 4.98 Å². The highest BCUT2D eigenvalue weighted by atomic mass is 16.7. The predicted octanol–water partition coefficient (Wildman–Crippen LogP) is 1.78. The lowest BCUT2D eigenvalue weighted by atomic mass is 10.0. The van der Waals surface area contributed by atoms with Crippen molar-refractivity contribution in [3.8, 4) is 0 Å². The first-order valence-electron chi connectivity index (χ1n) is 6.18. The van der Waals surface area contributed by atoms with Crippen LogP contribution in [0.3, 0.4) is 0 Å². The largest absolute Gasteiger partial charge is 0.389 e. The number of nitrogens with one attached hydrogen (secondary N) is 1. The SMILES string of the molecule is COC(OC)c1nc2c(cc1[C@@H](C)O)CCCN2. The number of pyridine rings is 1. The molecule has 0 spiro atoms. The monoisotopic (exact) mass is 252 g/mol. The first kappa shape index (κ1) is 13.3. The molecule has 100 valence electrons. The lowest BCUT2D eigenvalue weighted by Gasteiger charge is -2.24. The molecule has 0 aliphatic carbocycles. The number of rotatable bonds is 4. The Labute approximate surface area is 107 Å². The number of ether oxygens (including phenoxy) is 2. The standard InChI is InChI=1S/C13H20N2O3/c1-8(16)10-7-9-5-4-6-14-12(9)15-11(10)13(17-2)18-3/h7-8,13,16H,4-6H2,1-3H3,(H,14,15)/t8-/m1/s1. The number of aromatic nitrogens is 1. The molecule has 0 bridgehead atoms. The fraction of sp³-hybridized carbons (Fsp3) is 0.615. The van der Waals surface area contributed by atoms with E-state index in [1.165, 1.54) is 0 Å². The van der Waals surface area contributed by atoms with Crippen molar-refractivity contribution in [2.45, 2.75) is 32.2 Å². The van der Waals surface area contributed by atoms with Crippen molar-refractivity contribution in [3.05, 3.63) is 22.9 Å². The van der Waals surface area contributed by atoms with E-state index >= 15 is 0 Å². The molecule has 0 aromatic carbocycles. The molecule has 1 aromatic rings. The van der Waals surface area contributed by atoms with Crippen LogP contribution < -0.4 is 5.32 Å². The Hall–Kier alpha value is -1.17. The zero-order valence-electron chi connectivity index (χ0n) is 11.1. The van der Waals surface area contributed by atoms with Crippen LogP contribution in [0.1, 0.15) is 42.6 Å². The summed E-state index contributed by atoms with van der Waals surface area (Å²) >= 11 is 0. The molecule has 1 aromatic heterocycles. The molecule has 1 atom stereocenters. The average molecular weight is 252 g/mol. The summed E-state index contributed by atoms with van der Waals surface area (Å²) < 4.78 is 10.5. The van der Waals surface area contributed by atoms with E-state index in [2.05, 4.69) is 10.3 Å². The molecule has 0 radical (unpaired) electrons. The molecule has 2 N–H and O–H groups in total. The van der Waals surface area contributed by atoms with Gasteiger partial charge in [0.1, 0.15) is 11.5 Å². The van der Waals surface area contributed by atoms with E-state index in [-0.39, 0.29) is 0 Å². The maximum atomic E-state index is 9.87. The van der Waals surface area contributed by atoms with Crippen molar-refractivity contribution >= 4 is 5.82 Å². The molecule has 2 heterocycles. The second kappa shape index (κ2) is 5.65. The van der Waals surface area contributed by atoms with Crippen LogP contribution in [-0.4, -0.2) is 30.9 Å². The summed E-state index contributed by atoms with van der Waals surface area (Å²) in [7, 11) is 3.13. The Morgan fingerprint density at radius 2 is 2.11 bits per heavy atom. The summed E-state index contributed by atoms with van der Waals surface area (Å²) in [6.45, 7) is 2.66. The molecule has 1 aliphatic heterocycles. The zero-order chi connectivity index (χ0) is 13.1. The number of aryl methyl sites for hydroxylation is 1. The van der Waals surface area contributed by atoms with Crippen molar-refractivity contribution < 1.29 is 14.6 Å². The van der Waals surface area contributed by atoms with Gasteiger partial charge in [0.25, 0.3) is 0 Å². The topological polar surface area (TPSA) is 63.6 Å². The number of aliphatic hydroxyl groups excluding tert-OH is 1. The normalized spacial score (nSPS) is 16.3. The van der Waals surface area contributed by atoms with Gasteiger partial charge in [0.2, 0.25) is 6.29 Å². The Balaban J connectivity index is 2.48. The predicted molar refractivity (Wildman–Crippen MR) is 68.4 cm³/mol. The Morgan fingerprint density at radius 3 is 2.72 bits per heavy atom. The van der Waals surface area contributed by atoms with Crippen LogP contribution in [0.2, 0.25) is 0 Å². The van der Waals surface area contributed by atoms with Crippen LogP contribution >= 0.6 is 0 Å². The number of fused-ring (bicyclic) bond motifs is 1. The van der Waals surface area contributed by atoms with Gasteiger partial charge in [-0.2, -0.15) is 0 Å². The summed E-state index contributed by atoms with van der Waals surface area (Å²) in [5, 5.41) is 13.1. The first-order valence-corrected chi connectivity index (χ1v) is 6.18. The van der Waals surface area contributed by atoms with Crippen LogP contribution in [0, 0.1) is 0 Å². The minimum atomic E-state index is -0.590. The number of hydrogen-bond acceptors (Lipinski definition) is 5. The summed E-state index contributed by atoms with van der Waals surface area (Å²) in [4.78, 5) is 4.56. The van der Waals surface area contributed by atoms with Crippen molar-refractivity contribution in [2.24, 2.45) is 0 Å². The minimum absolute atomic E-state index is 0.552. The van der Waals surface area contributed by atoms with Crippen molar-refractivity contribution in [1.29, 1.82) is 0 Å². The van der Waals surface area contributed by atoms with Crippen LogP contribution in [-0.2, 0) is 15.9 Å². The van der Waals surface area contributed by atoms with Gasteiger partial charge in [0.15, 0.2) is 0 Å². The Morgan fingerprint density at radius 1 is 1.39 bits per heavy atom. The fourth-order valence-corrected chi connectivity index (χ4v) is 2.26. The number of aliphatic hydroxyl groups is 1. The zero-order valence-corrected chi connectivity index (χ0v) is 11.1. The lowest BCUT2D eigenvalue weighted by molar-refractivity contribution is -0.109. The average Bonchev–Trinajstić information content (AvgIpc) is 2.39. The lowest BCUT2D eigenvalue weighted by Crippen LogP contribution is -2.18. The quantitative estimate of drug-likeness (QED) is 0.800. The third kappa shape index (κ3) is 2.48. The molecule has 0 amide bonds. The van der Waals surface area contributed by atoms with Gasteiger partial charge in [0.05, 0.1) is 6.10 Å². The second-order valence-corrected chi connectivity index (χ2v) is 4.48. The van der Waals surface area contributed by atoms with Crippen molar-refractivity contribution in [2.75, 3.05) is 26.1 Å². The number of methoxy groups -OCH3 is 2. The summed E-state index contributed by atoms with van der Waals surface area (Å²) in [6.07, 6.45) is 0.932. The van der Waals surface area contributed by atoms with E-state index in [9.17, 15) is 5.11 Å². The second-order valence-electron chi connectivity index (χ2n) is 4.48. The molecule has 5 heteroatoms. The molecule has 0 saturated heterocycles. The molecule has 18 heavy (non-hydrogen) atoms. The third-order valence-corrected chi connectivity index (χ3v) is 3.18. The van der Waals surface area contributed by atoms with E-state index in [1.54, 1.807) is 21.1 Å². The van der Waals surface area contributed by atoms with Crippen molar-refractivity contribution in [3.63, 3.8) is 0 Å². The first-order chi connectivity index (χ1) is 8.67. The highest BCUT2D eigenvalue weighted by Crippen LogP contribution is 2.30. The van der Waals surface area contributed by atoms with Gasteiger partial charge in [0, 0.05) is 26.3 Å². The Bertz CT molecular complexity index is 417. The van der Waals surface area contributed by atoms with Crippen LogP contribution in [0.4, 0.5) is 5.82 Å². The van der Waals surface area contributed by atoms with Crippen LogP contribution in [0.5, 0.6) is 0 Å². The smallest absolute Gasteiger partial charge is 0.201 e. The van der Waals surface area contributed by atoms with E-state index in [1.807, 2.05) is 6.07 Å². The molecule has 0 fully saturated rings. The van der Waals surface area contributed by atoms with Gasteiger partial charge in [-0.3, -0.25) is 0 Å². The van der Waals surface area contributed by atoms with E-state index in [0.29, 0.717) is 5.69 Å². The minimum Gasteiger partial charge on any atom is -0.389 e. The van der Waals surface area contributed by atoms with Crippen LogP contribution in [0.15, 0.2) is 6.07 Å². The molecule has 2 rings (SSSR count). The van der Waals surface area contributed by atoms with Crippen LogP contribution in [0.25, 0.3) is 0 Å². The van der Waals surface area contributed by atoms with Gasteiger partial charge < -0.3 is 19.9 Å². The highest BCUT2D eigenvalue weighted by Gasteiger charge is 2.22.